The molecule has 0 aromatic heterocycles. The Balaban J connectivity index is 2.97. The molecule has 1 aromatic rings. The van der Waals surface area contributed by atoms with Gasteiger partial charge in [0.05, 0.1) is 0 Å². The molecule has 1 heteroatoms. The van der Waals surface area contributed by atoms with Gasteiger partial charge in [-0.25, -0.2) is 0 Å². The fourth-order valence-corrected chi connectivity index (χ4v) is 2.14. The second kappa shape index (κ2) is 5.55. The zero-order valence-electron chi connectivity index (χ0n) is 10.2. The third-order valence-electron chi connectivity index (χ3n) is 2.46. The van der Waals surface area contributed by atoms with Gasteiger partial charge in [-0.1, -0.05) is 51.4 Å². The minimum Gasteiger partial charge on any atom is -0.0840 e. The Kier molecular flexibility index (Phi) is 4.66. The van der Waals surface area contributed by atoms with E-state index >= 15 is 0 Å². The molecule has 1 aromatic carbocycles. The van der Waals surface area contributed by atoms with E-state index in [4.69, 9.17) is 11.6 Å². The van der Waals surface area contributed by atoms with E-state index < -0.39 is 0 Å². The van der Waals surface area contributed by atoms with E-state index in [0.717, 1.165) is 17.9 Å². The zero-order valence-corrected chi connectivity index (χ0v) is 10.9. The molecule has 0 bridgehead atoms. The Morgan fingerprint density at radius 1 is 1.00 bits per heavy atom. The Bertz CT molecular complexity index is 313. The SMILES string of the molecule is CC(C)Cc1cccc(Cl)c1CC(C)C. The minimum absolute atomic E-state index is 0.663. The van der Waals surface area contributed by atoms with Crippen LogP contribution in [0.3, 0.4) is 0 Å². The third-order valence-corrected chi connectivity index (χ3v) is 2.81. The van der Waals surface area contributed by atoms with Crippen molar-refractivity contribution in [3.8, 4) is 0 Å². The maximum atomic E-state index is 6.26. The van der Waals surface area contributed by atoms with Crippen LogP contribution in [0.2, 0.25) is 5.02 Å². The topological polar surface area (TPSA) is 0 Å². The Hall–Kier alpha value is -0.490. The molecule has 0 nitrogen and oxygen atoms in total. The van der Waals surface area contributed by atoms with E-state index in [1.54, 1.807) is 0 Å². The molecular formula is C14H21Cl. The fraction of sp³-hybridized carbons (Fsp3) is 0.571. The predicted molar refractivity (Wildman–Crippen MR) is 68.5 cm³/mol. The summed E-state index contributed by atoms with van der Waals surface area (Å²) in [5, 5.41) is 0.932. The fourth-order valence-electron chi connectivity index (χ4n) is 1.87. The summed E-state index contributed by atoms with van der Waals surface area (Å²) in [6.07, 6.45) is 2.21. The van der Waals surface area contributed by atoms with Gasteiger partial charge in [-0.3, -0.25) is 0 Å². The van der Waals surface area contributed by atoms with E-state index in [1.807, 2.05) is 6.07 Å². The van der Waals surface area contributed by atoms with Crippen molar-refractivity contribution in [1.29, 1.82) is 0 Å². The van der Waals surface area contributed by atoms with Crippen LogP contribution in [0.25, 0.3) is 0 Å². The highest BCUT2D eigenvalue weighted by atomic mass is 35.5. The van der Waals surface area contributed by atoms with Gasteiger partial charge in [0.15, 0.2) is 0 Å². The Morgan fingerprint density at radius 2 is 1.60 bits per heavy atom. The van der Waals surface area contributed by atoms with Crippen LogP contribution < -0.4 is 0 Å². The first-order valence-electron chi connectivity index (χ1n) is 5.77. The van der Waals surface area contributed by atoms with Crippen molar-refractivity contribution in [1.82, 2.24) is 0 Å². The van der Waals surface area contributed by atoms with Crippen LogP contribution >= 0.6 is 11.6 Å². The van der Waals surface area contributed by atoms with E-state index in [0.29, 0.717) is 11.8 Å². The highest BCUT2D eigenvalue weighted by molar-refractivity contribution is 6.31. The van der Waals surface area contributed by atoms with Gasteiger partial charge >= 0.3 is 0 Å². The molecule has 0 N–H and O–H groups in total. The number of benzene rings is 1. The van der Waals surface area contributed by atoms with E-state index in [1.165, 1.54) is 11.1 Å². The van der Waals surface area contributed by atoms with Crippen LogP contribution in [0.4, 0.5) is 0 Å². The van der Waals surface area contributed by atoms with Crippen LogP contribution in [0.1, 0.15) is 38.8 Å². The standard InChI is InChI=1S/C14H21Cl/c1-10(2)8-12-6-5-7-14(15)13(12)9-11(3)4/h5-7,10-11H,8-9H2,1-4H3. The van der Waals surface area contributed by atoms with E-state index in [9.17, 15) is 0 Å². The average molecular weight is 225 g/mol. The van der Waals surface area contributed by atoms with Gasteiger partial charge in [-0.05, 0) is 41.9 Å². The first-order valence-corrected chi connectivity index (χ1v) is 6.14. The van der Waals surface area contributed by atoms with Gasteiger partial charge in [-0.15, -0.1) is 0 Å². The molecule has 15 heavy (non-hydrogen) atoms. The molecule has 0 amide bonds. The van der Waals surface area contributed by atoms with Gasteiger partial charge in [0.2, 0.25) is 0 Å². The lowest BCUT2D eigenvalue weighted by Crippen LogP contribution is -2.03. The highest BCUT2D eigenvalue weighted by Crippen LogP contribution is 2.25. The smallest absolute Gasteiger partial charge is 0.0440 e. The highest BCUT2D eigenvalue weighted by Gasteiger charge is 2.09. The number of hydrogen-bond donors (Lipinski definition) is 0. The maximum Gasteiger partial charge on any atom is 0.0440 e. The average Bonchev–Trinajstić information content (AvgIpc) is 2.09. The van der Waals surface area contributed by atoms with Gasteiger partial charge in [0.25, 0.3) is 0 Å². The van der Waals surface area contributed by atoms with Crippen LogP contribution in [0.15, 0.2) is 18.2 Å². The summed E-state index contributed by atoms with van der Waals surface area (Å²) in [5.74, 6) is 1.35. The zero-order chi connectivity index (χ0) is 11.4. The summed E-state index contributed by atoms with van der Waals surface area (Å²) >= 11 is 6.26. The van der Waals surface area contributed by atoms with Gasteiger partial charge in [0, 0.05) is 5.02 Å². The molecule has 0 radical (unpaired) electrons. The number of hydrogen-bond acceptors (Lipinski definition) is 0. The molecule has 0 aliphatic heterocycles. The van der Waals surface area contributed by atoms with Crippen molar-refractivity contribution < 1.29 is 0 Å². The quantitative estimate of drug-likeness (QED) is 0.693. The molecular weight excluding hydrogens is 204 g/mol. The monoisotopic (exact) mass is 224 g/mol. The Morgan fingerprint density at radius 3 is 2.13 bits per heavy atom. The second-order valence-corrected chi connectivity index (χ2v) is 5.48. The summed E-state index contributed by atoms with van der Waals surface area (Å²) in [6.45, 7) is 8.98. The molecule has 1 rings (SSSR count). The molecule has 0 atom stereocenters. The van der Waals surface area contributed by atoms with Crippen molar-refractivity contribution in [3.63, 3.8) is 0 Å². The summed E-state index contributed by atoms with van der Waals surface area (Å²) < 4.78 is 0. The summed E-state index contributed by atoms with van der Waals surface area (Å²) in [7, 11) is 0. The summed E-state index contributed by atoms with van der Waals surface area (Å²) in [5.41, 5.74) is 2.77. The van der Waals surface area contributed by atoms with Crippen molar-refractivity contribution in [2.24, 2.45) is 11.8 Å². The molecule has 0 saturated heterocycles. The molecule has 0 heterocycles. The maximum absolute atomic E-state index is 6.26. The molecule has 0 spiro atoms. The van der Waals surface area contributed by atoms with Crippen molar-refractivity contribution in [3.05, 3.63) is 34.3 Å². The van der Waals surface area contributed by atoms with Crippen molar-refractivity contribution in [2.75, 3.05) is 0 Å². The van der Waals surface area contributed by atoms with Gasteiger partial charge in [-0.2, -0.15) is 0 Å². The largest absolute Gasteiger partial charge is 0.0840 e. The van der Waals surface area contributed by atoms with Crippen LogP contribution in [0, 0.1) is 11.8 Å². The van der Waals surface area contributed by atoms with Gasteiger partial charge in [0.1, 0.15) is 0 Å². The summed E-state index contributed by atoms with van der Waals surface area (Å²) in [6, 6.07) is 6.27. The molecule has 0 unspecified atom stereocenters. The first-order chi connectivity index (χ1) is 7.00. The van der Waals surface area contributed by atoms with E-state index in [2.05, 4.69) is 39.8 Å². The molecule has 0 aliphatic rings. The predicted octanol–water partition coefficient (Wildman–Crippen LogP) is 4.74. The number of rotatable bonds is 4. The van der Waals surface area contributed by atoms with Crippen LogP contribution in [0.5, 0.6) is 0 Å². The second-order valence-electron chi connectivity index (χ2n) is 5.07. The van der Waals surface area contributed by atoms with Crippen molar-refractivity contribution in [2.45, 2.75) is 40.5 Å². The van der Waals surface area contributed by atoms with Gasteiger partial charge < -0.3 is 0 Å². The minimum atomic E-state index is 0.663. The van der Waals surface area contributed by atoms with Crippen molar-refractivity contribution >= 4 is 11.6 Å². The molecule has 0 fully saturated rings. The summed E-state index contributed by atoms with van der Waals surface area (Å²) in [4.78, 5) is 0. The Labute approximate surface area is 98.7 Å². The lowest BCUT2D eigenvalue weighted by Gasteiger charge is -2.15. The number of halogens is 1. The molecule has 84 valence electrons. The third kappa shape index (κ3) is 3.87. The normalized spacial score (nSPS) is 11.4. The first kappa shape index (κ1) is 12.6. The molecule has 0 aliphatic carbocycles. The molecule has 0 saturated carbocycles. The lowest BCUT2D eigenvalue weighted by molar-refractivity contribution is 0.616. The lowest BCUT2D eigenvalue weighted by atomic mass is 9.93. The van der Waals surface area contributed by atoms with Crippen LogP contribution in [-0.4, -0.2) is 0 Å². The van der Waals surface area contributed by atoms with E-state index in [-0.39, 0.29) is 0 Å². The van der Waals surface area contributed by atoms with Crippen LogP contribution in [-0.2, 0) is 12.8 Å².